The molecule has 62 valence electrons. The fourth-order valence-corrected chi connectivity index (χ4v) is 0.800. The molecule has 0 radical (unpaired) electrons. The second-order valence-corrected chi connectivity index (χ2v) is 2.41. The Balaban J connectivity index is 0.000001000. The van der Waals surface area contributed by atoms with Crippen molar-refractivity contribution in [2.24, 2.45) is 0 Å². The van der Waals surface area contributed by atoms with Gasteiger partial charge in [0, 0.05) is 5.69 Å². The standard InChI is InChI=1S/C8H8NS.Au/c1-7(10)9-8-5-3-2-4-6-8;/h2-6H,1H2,(H,9,10);/q-1;+1. The summed E-state index contributed by atoms with van der Waals surface area (Å²) in [5, 5.41) is 2.93. The summed E-state index contributed by atoms with van der Waals surface area (Å²) in [7, 11) is 0. The first kappa shape index (κ1) is 10.7. The van der Waals surface area contributed by atoms with Crippen LogP contribution in [0.15, 0.2) is 30.3 Å². The van der Waals surface area contributed by atoms with E-state index in [1.165, 1.54) is 0 Å². The number of benzene rings is 1. The molecule has 1 aromatic carbocycles. The van der Waals surface area contributed by atoms with Crippen LogP contribution in [-0.4, -0.2) is 4.99 Å². The van der Waals surface area contributed by atoms with E-state index in [0.29, 0.717) is 4.99 Å². The summed E-state index contributed by atoms with van der Waals surface area (Å²) in [6.45, 7) is 3.55. The van der Waals surface area contributed by atoms with E-state index >= 15 is 0 Å². The van der Waals surface area contributed by atoms with Gasteiger partial charge >= 0.3 is 22.4 Å². The molecular weight excluding hydrogens is 339 g/mol. The number of hydrogen-bond acceptors (Lipinski definition) is 1. The van der Waals surface area contributed by atoms with Crippen molar-refractivity contribution in [1.29, 1.82) is 0 Å². The maximum absolute atomic E-state index is 4.76. The third kappa shape index (κ3) is 4.22. The quantitative estimate of drug-likeness (QED) is 0.475. The Hall–Kier alpha value is -0.280. The van der Waals surface area contributed by atoms with E-state index in [9.17, 15) is 0 Å². The summed E-state index contributed by atoms with van der Waals surface area (Å²) >= 11 is 4.76. The summed E-state index contributed by atoms with van der Waals surface area (Å²) in [4.78, 5) is 0.547. The Labute approximate surface area is 87.7 Å². The van der Waals surface area contributed by atoms with Crippen molar-refractivity contribution in [3.05, 3.63) is 37.3 Å². The van der Waals surface area contributed by atoms with Gasteiger partial charge in [0.25, 0.3) is 0 Å². The van der Waals surface area contributed by atoms with Crippen molar-refractivity contribution < 1.29 is 22.4 Å². The smallest absolute Gasteiger partial charge is 0.377 e. The molecule has 0 saturated heterocycles. The summed E-state index contributed by atoms with van der Waals surface area (Å²) in [5.41, 5.74) is 0.988. The Morgan fingerprint density at radius 1 is 1.27 bits per heavy atom. The zero-order chi connectivity index (χ0) is 7.40. The van der Waals surface area contributed by atoms with Crippen LogP contribution < -0.4 is 5.32 Å². The summed E-state index contributed by atoms with van der Waals surface area (Å²) in [6, 6.07) is 9.73. The van der Waals surface area contributed by atoms with E-state index in [4.69, 9.17) is 12.2 Å². The summed E-state index contributed by atoms with van der Waals surface area (Å²) < 4.78 is 0. The number of hydrogen-bond donors (Lipinski definition) is 1. The molecule has 1 aromatic rings. The fourth-order valence-electron chi connectivity index (χ4n) is 0.682. The maximum Gasteiger partial charge on any atom is 1.00 e. The number of rotatable bonds is 1. The van der Waals surface area contributed by atoms with Crippen molar-refractivity contribution in [3.8, 4) is 0 Å². The van der Waals surface area contributed by atoms with Gasteiger partial charge in [-0.2, -0.15) is 0 Å². The Morgan fingerprint density at radius 3 is 2.27 bits per heavy atom. The maximum atomic E-state index is 4.76. The molecule has 0 aliphatic heterocycles. The van der Waals surface area contributed by atoms with Crippen LogP contribution in [0.2, 0.25) is 0 Å². The average molecular weight is 347 g/mol. The first-order valence-electron chi connectivity index (χ1n) is 2.97. The molecule has 1 N–H and O–H groups in total. The predicted octanol–water partition coefficient (Wildman–Crippen LogP) is 2.26. The topological polar surface area (TPSA) is 12.0 Å². The normalized spacial score (nSPS) is 8.00. The third-order valence-corrected chi connectivity index (χ3v) is 1.16. The van der Waals surface area contributed by atoms with Crippen LogP contribution >= 0.6 is 12.2 Å². The van der Waals surface area contributed by atoms with E-state index in [0.717, 1.165) is 5.69 Å². The van der Waals surface area contributed by atoms with Crippen molar-refractivity contribution in [2.45, 2.75) is 0 Å². The molecule has 11 heavy (non-hydrogen) atoms. The monoisotopic (exact) mass is 347 g/mol. The van der Waals surface area contributed by atoms with Crippen LogP contribution in [0.4, 0.5) is 5.69 Å². The Kier molecular flexibility index (Phi) is 5.24. The zero-order valence-electron chi connectivity index (χ0n) is 5.80. The second-order valence-electron chi connectivity index (χ2n) is 1.91. The first-order chi connectivity index (χ1) is 4.79. The Morgan fingerprint density at radius 2 is 1.82 bits per heavy atom. The van der Waals surface area contributed by atoms with Gasteiger partial charge in [0.15, 0.2) is 0 Å². The number of para-hydroxylation sites is 1. The van der Waals surface area contributed by atoms with E-state index in [-0.39, 0.29) is 22.4 Å². The zero-order valence-corrected chi connectivity index (χ0v) is 8.79. The SMILES string of the molecule is [Au+].[CH2-]C(=S)Nc1ccccc1. The van der Waals surface area contributed by atoms with E-state index in [1.807, 2.05) is 30.3 Å². The van der Waals surface area contributed by atoms with Crippen LogP contribution in [0.5, 0.6) is 0 Å². The summed E-state index contributed by atoms with van der Waals surface area (Å²) in [5.74, 6) is 0. The number of thiocarbonyl (C=S) groups is 1. The van der Waals surface area contributed by atoms with Gasteiger partial charge in [-0.3, -0.25) is 0 Å². The van der Waals surface area contributed by atoms with Gasteiger partial charge in [-0.15, -0.1) is 12.2 Å². The van der Waals surface area contributed by atoms with Crippen LogP contribution in [0, 0.1) is 6.92 Å². The Bertz CT molecular complexity index is 223. The molecule has 0 atom stereocenters. The molecule has 0 heterocycles. The predicted molar refractivity (Wildman–Crippen MR) is 48.0 cm³/mol. The average Bonchev–Trinajstić information content (AvgIpc) is 1.88. The van der Waals surface area contributed by atoms with Gasteiger partial charge in [0.05, 0.1) is 0 Å². The minimum Gasteiger partial charge on any atom is -0.377 e. The molecule has 0 bridgehead atoms. The third-order valence-electron chi connectivity index (χ3n) is 1.06. The van der Waals surface area contributed by atoms with Crippen molar-refractivity contribution in [2.75, 3.05) is 5.32 Å². The van der Waals surface area contributed by atoms with E-state index in [1.54, 1.807) is 0 Å². The van der Waals surface area contributed by atoms with Crippen LogP contribution in [0.25, 0.3) is 0 Å². The second kappa shape index (κ2) is 5.38. The molecule has 3 heteroatoms. The number of nitrogens with one attached hydrogen (secondary N) is 1. The van der Waals surface area contributed by atoms with Crippen LogP contribution in [0.3, 0.4) is 0 Å². The molecule has 0 aromatic heterocycles. The van der Waals surface area contributed by atoms with Gasteiger partial charge < -0.3 is 12.2 Å². The van der Waals surface area contributed by atoms with Crippen LogP contribution in [-0.2, 0) is 22.4 Å². The van der Waals surface area contributed by atoms with Crippen molar-refractivity contribution in [3.63, 3.8) is 0 Å². The molecule has 0 aliphatic carbocycles. The minimum atomic E-state index is 0. The van der Waals surface area contributed by atoms with Gasteiger partial charge in [-0.25, -0.2) is 0 Å². The molecule has 0 amide bonds. The number of anilines is 1. The first-order valence-corrected chi connectivity index (χ1v) is 3.38. The van der Waals surface area contributed by atoms with E-state index < -0.39 is 0 Å². The molecular formula is C8H8AuNS. The van der Waals surface area contributed by atoms with E-state index in [2.05, 4.69) is 12.2 Å². The van der Waals surface area contributed by atoms with Crippen molar-refractivity contribution in [1.82, 2.24) is 0 Å². The molecule has 0 aliphatic rings. The molecule has 1 rings (SSSR count). The van der Waals surface area contributed by atoms with Crippen LogP contribution in [0.1, 0.15) is 0 Å². The van der Waals surface area contributed by atoms with Gasteiger partial charge in [-0.05, 0) is 12.1 Å². The van der Waals surface area contributed by atoms with Gasteiger partial charge in [0.1, 0.15) is 0 Å². The van der Waals surface area contributed by atoms with Gasteiger partial charge in [-0.1, -0.05) is 23.2 Å². The molecule has 0 saturated carbocycles. The van der Waals surface area contributed by atoms with Crippen molar-refractivity contribution >= 4 is 22.9 Å². The minimum absolute atomic E-state index is 0. The molecule has 0 fully saturated rings. The van der Waals surface area contributed by atoms with Gasteiger partial charge in [0.2, 0.25) is 0 Å². The molecule has 0 spiro atoms. The summed E-state index contributed by atoms with van der Waals surface area (Å²) in [6.07, 6.45) is 0. The largest absolute Gasteiger partial charge is 1.00 e. The fraction of sp³-hybridized carbons (Fsp3) is 0. The molecule has 0 unspecified atom stereocenters. The molecule has 1 nitrogen and oxygen atoms in total.